The molecule has 0 aliphatic heterocycles. The maximum atomic E-state index is 12.0. The molecule has 0 aliphatic carbocycles. The van der Waals surface area contributed by atoms with Crippen LogP contribution in [0.25, 0.3) is 6.08 Å². The van der Waals surface area contributed by atoms with Crippen LogP contribution in [0.4, 0.5) is 0 Å². The van der Waals surface area contributed by atoms with Crippen molar-refractivity contribution in [1.82, 2.24) is 5.32 Å². The smallest absolute Gasteiger partial charge is 0.313 e. The Morgan fingerprint density at radius 1 is 1.07 bits per heavy atom. The summed E-state index contributed by atoms with van der Waals surface area (Å²) in [5, 5.41) is 3.67. The summed E-state index contributed by atoms with van der Waals surface area (Å²) < 4.78 is 10.6. The van der Waals surface area contributed by atoms with Gasteiger partial charge in [0.05, 0.1) is 23.1 Å². The molecular weight excluding hydrogens is 401 g/mol. The van der Waals surface area contributed by atoms with Crippen molar-refractivity contribution in [1.29, 1.82) is 0 Å². The zero-order valence-electron chi connectivity index (χ0n) is 15.8. The zero-order chi connectivity index (χ0) is 20.7. The van der Waals surface area contributed by atoms with Gasteiger partial charge < -0.3 is 14.8 Å². The summed E-state index contributed by atoms with van der Waals surface area (Å²) in [6.45, 7) is 3.83. The molecule has 1 N–H and O–H groups in total. The molecule has 148 valence electrons. The van der Waals surface area contributed by atoms with E-state index in [0.29, 0.717) is 28.1 Å². The quantitative estimate of drug-likeness (QED) is 0.392. The number of ether oxygens (including phenoxy) is 2. The van der Waals surface area contributed by atoms with Gasteiger partial charge in [0.25, 0.3) is 0 Å². The van der Waals surface area contributed by atoms with Gasteiger partial charge in [-0.1, -0.05) is 49.2 Å². The van der Waals surface area contributed by atoms with Crippen LogP contribution in [0.2, 0.25) is 10.0 Å². The first-order valence-electron chi connectivity index (χ1n) is 8.59. The third-order valence-corrected chi connectivity index (χ3v) is 4.49. The second kappa shape index (κ2) is 10.2. The predicted octanol–water partition coefficient (Wildman–Crippen LogP) is 4.89. The molecule has 0 bridgehead atoms. The summed E-state index contributed by atoms with van der Waals surface area (Å²) in [6, 6.07) is 10.2. The Morgan fingerprint density at radius 3 is 2.46 bits per heavy atom. The van der Waals surface area contributed by atoms with Gasteiger partial charge in [-0.05, 0) is 41.5 Å². The van der Waals surface area contributed by atoms with Crippen molar-refractivity contribution in [3.63, 3.8) is 0 Å². The largest absolute Gasteiger partial charge is 0.493 e. The standard InChI is InChI=1S/C21H21Cl2NO4/c1-13(2)21(26)28-18-8-5-14(11-19(18)27-3)6-9-20(25)24-12-15-4-7-16(22)17(23)10-15/h4-11,13H,12H2,1-3H3,(H,24,25)/b9-6+. The molecule has 0 saturated carbocycles. The Hall–Kier alpha value is -2.50. The number of hydrogen-bond acceptors (Lipinski definition) is 4. The Labute approximate surface area is 174 Å². The summed E-state index contributed by atoms with van der Waals surface area (Å²) in [5.74, 6) is -0.109. The maximum absolute atomic E-state index is 12.0. The van der Waals surface area contributed by atoms with Gasteiger partial charge >= 0.3 is 5.97 Å². The van der Waals surface area contributed by atoms with E-state index in [1.165, 1.54) is 13.2 Å². The number of benzene rings is 2. The molecule has 1 amide bonds. The number of nitrogens with one attached hydrogen (secondary N) is 1. The third-order valence-electron chi connectivity index (χ3n) is 3.75. The minimum Gasteiger partial charge on any atom is -0.493 e. The molecule has 5 nitrogen and oxygen atoms in total. The van der Waals surface area contributed by atoms with Gasteiger partial charge in [0.15, 0.2) is 11.5 Å². The number of methoxy groups -OCH3 is 1. The lowest BCUT2D eigenvalue weighted by Crippen LogP contribution is -2.20. The number of amides is 1. The fourth-order valence-electron chi connectivity index (χ4n) is 2.17. The first kappa shape index (κ1) is 21.8. The number of carbonyl (C=O) groups excluding carboxylic acids is 2. The highest BCUT2D eigenvalue weighted by molar-refractivity contribution is 6.42. The Morgan fingerprint density at radius 2 is 1.82 bits per heavy atom. The van der Waals surface area contributed by atoms with Gasteiger partial charge in [-0.3, -0.25) is 9.59 Å². The van der Waals surface area contributed by atoms with E-state index in [9.17, 15) is 9.59 Å². The monoisotopic (exact) mass is 421 g/mol. The molecule has 0 fully saturated rings. The molecule has 28 heavy (non-hydrogen) atoms. The highest BCUT2D eigenvalue weighted by Crippen LogP contribution is 2.29. The average Bonchev–Trinajstić information content (AvgIpc) is 2.67. The molecule has 0 spiro atoms. The molecule has 2 aromatic carbocycles. The lowest BCUT2D eigenvalue weighted by molar-refractivity contribution is -0.137. The number of carbonyl (C=O) groups is 2. The maximum Gasteiger partial charge on any atom is 0.313 e. The van der Waals surface area contributed by atoms with Crippen molar-refractivity contribution >= 4 is 41.2 Å². The van der Waals surface area contributed by atoms with E-state index in [2.05, 4.69) is 5.32 Å². The van der Waals surface area contributed by atoms with E-state index < -0.39 is 0 Å². The lowest BCUT2D eigenvalue weighted by atomic mass is 10.1. The van der Waals surface area contributed by atoms with Gasteiger partial charge in [0.2, 0.25) is 5.91 Å². The zero-order valence-corrected chi connectivity index (χ0v) is 17.3. The fraction of sp³-hybridized carbons (Fsp3) is 0.238. The molecule has 7 heteroatoms. The number of esters is 1. The van der Waals surface area contributed by atoms with Gasteiger partial charge in [-0.25, -0.2) is 0 Å². The summed E-state index contributed by atoms with van der Waals surface area (Å²) in [6.07, 6.45) is 3.05. The van der Waals surface area contributed by atoms with E-state index in [1.807, 2.05) is 0 Å². The third kappa shape index (κ3) is 6.29. The van der Waals surface area contributed by atoms with Crippen molar-refractivity contribution in [2.75, 3.05) is 7.11 Å². The predicted molar refractivity (Wildman–Crippen MR) is 111 cm³/mol. The number of rotatable bonds is 7. The summed E-state index contributed by atoms with van der Waals surface area (Å²) in [5.41, 5.74) is 1.57. The van der Waals surface area contributed by atoms with Crippen LogP contribution in [-0.2, 0) is 16.1 Å². The fourth-order valence-corrected chi connectivity index (χ4v) is 2.49. The van der Waals surface area contributed by atoms with Crippen LogP contribution in [0.1, 0.15) is 25.0 Å². The Balaban J connectivity index is 1.99. The van der Waals surface area contributed by atoms with Crippen LogP contribution < -0.4 is 14.8 Å². The van der Waals surface area contributed by atoms with Crippen molar-refractivity contribution in [3.8, 4) is 11.5 Å². The lowest BCUT2D eigenvalue weighted by Gasteiger charge is -2.11. The second-order valence-corrected chi connectivity index (χ2v) is 7.10. The normalized spacial score (nSPS) is 10.9. The van der Waals surface area contributed by atoms with Crippen LogP contribution in [0.15, 0.2) is 42.5 Å². The van der Waals surface area contributed by atoms with Crippen molar-refractivity contribution < 1.29 is 19.1 Å². The Bertz CT molecular complexity index is 894. The van der Waals surface area contributed by atoms with Crippen LogP contribution in [0, 0.1) is 5.92 Å². The van der Waals surface area contributed by atoms with Gasteiger partial charge in [0.1, 0.15) is 0 Å². The molecule has 0 unspecified atom stereocenters. The minimum absolute atomic E-state index is 0.247. The average molecular weight is 422 g/mol. The topological polar surface area (TPSA) is 64.6 Å². The van der Waals surface area contributed by atoms with E-state index in [4.69, 9.17) is 32.7 Å². The van der Waals surface area contributed by atoms with Crippen molar-refractivity contribution in [2.24, 2.45) is 5.92 Å². The minimum atomic E-state index is -0.344. The van der Waals surface area contributed by atoms with Crippen molar-refractivity contribution in [3.05, 3.63) is 63.6 Å². The first-order valence-corrected chi connectivity index (χ1v) is 9.35. The Kier molecular flexibility index (Phi) is 7.91. The van der Waals surface area contributed by atoms with E-state index in [0.717, 1.165) is 11.1 Å². The molecule has 0 saturated heterocycles. The van der Waals surface area contributed by atoms with E-state index in [-0.39, 0.29) is 17.8 Å². The molecule has 0 aromatic heterocycles. The van der Waals surface area contributed by atoms with Crippen LogP contribution in [0.5, 0.6) is 11.5 Å². The summed E-state index contributed by atoms with van der Waals surface area (Å²) in [7, 11) is 1.49. The summed E-state index contributed by atoms with van der Waals surface area (Å²) >= 11 is 11.8. The van der Waals surface area contributed by atoms with Crippen LogP contribution in [-0.4, -0.2) is 19.0 Å². The number of halogens is 2. The number of hydrogen-bond donors (Lipinski definition) is 1. The molecule has 0 heterocycles. The molecule has 2 rings (SSSR count). The van der Waals surface area contributed by atoms with Gasteiger partial charge in [-0.2, -0.15) is 0 Å². The highest BCUT2D eigenvalue weighted by Gasteiger charge is 2.13. The molecular formula is C21H21Cl2NO4. The van der Waals surface area contributed by atoms with Crippen LogP contribution >= 0.6 is 23.2 Å². The summed E-state index contributed by atoms with van der Waals surface area (Å²) in [4.78, 5) is 23.8. The van der Waals surface area contributed by atoms with Gasteiger partial charge in [0, 0.05) is 12.6 Å². The molecule has 2 aromatic rings. The van der Waals surface area contributed by atoms with E-state index in [1.54, 1.807) is 56.3 Å². The molecule has 0 radical (unpaired) electrons. The van der Waals surface area contributed by atoms with Crippen LogP contribution in [0.3, 0.4) is 0 Å². The SMILES string of the molecule is COc1cc(/C=C/C(=O)NCc2ccc(Cl)c(Cl)c2)ccc1OC(=O)C(C)C. The van der Waals surface area contributed by atoms with Crippen molar-refractivity contribution in [2.45, 2.75) is 20.4 Å². The van der Waals surface area contributed by atoms with E-state index >= 15 is 0 Å². The van der Waals surface area contributed by atoms with Gasteiger partial charge in [-0.15, -0.1) is 0 Å². The molecule has 0 atom stereocenters. The molecule has 0 aliphatic rings. The first-order chi connectivity index (χ1) is 13.3. The second-order valence-electron chi connectivity index (χ2n) is 6.29. The highest BCUT2D eigenvalue weighted by atomic mass is 35.5.